The van der Waals surface area contributed by atoms with Crippen molar-refractivity contribution in [3.05, 3.63) is 22.0 Å². The highest BCUT2D eigenvalue weighted by Crippen LogP contribution is 2.50. The Morgan fingerprint density at radius 3 is 2.70 bits per heavy atom. The molecule has 0 saturated carbocycles. The highest BCUT2D eigenvalue weighted by atomic mass is 32.2. The number of carbonyl (C=O) groups is 3. The van der Waals surface area contributed by atoms with Gasteiger partial charge in [-0.05, 0) is 20.8 Å². The number of nitrogens with zero attached hydrogens (tertiary/aromatic N) is 4. The van der Waals surface area contributed by atoms with Crippen LogP contribution < -0.4 is 5.32 Å². The third kappa shape index (κ3) is 3.24. The Morgan fingerprint density at radius 1 is 1.48 bits per heavy atom. The van der Waals surface area contributed by atoms with Gasteiger partial charge in [-0.25, -0.2) is 4.79 Å². The van der Waals surface area contributed by atoms with E-state index in [2.05, 4.69) is 10.4 Å². The zero-order chi connectivity index (χ0) is 20.1. The molecule has 2 amide bonds. The second kappa shape index (κ2) is 6.51. The molecule has 1 aromatic heterocycles. The molecule has 1 aromatic rings. The predicted molar refractivity (Wildman–Crippen MR) is 93.9 cm³/mol. The number of hydrogen-bond acceptors (Lipinski definition) is 7. The molecule has 2 aliphatic heterocycles. The molecule has 11 nitrogen and oxygen atoms in total. The van der Waals surface area contributed by atoms with Crippen molar-refractivity contribution in [3.63, 3.8) is 0 Å². The number of nitrogens with one attached hydrogen (secondary N) is 1. The van der Waals surface area contributed by atoms with Crippen LogP contribution in [0.25, 0.3) is 0 Å². The number of rotatable bonds is 6. The van der Waals surface area contributed by atoms with Crippen LogP contribution in [0.5, 0.6) is 0 Å². The maximum atomic E-state index is 12.3. The van der Waals surface area contributed by atoms with Crippen molar-refractivity contribution in [3.8, 4) is 0 Å². The predicted octanol–water partition coefficient (Wildman–Crippen LogP) is 0.122. The van der Waals surface area contributed by atoms with E-state index in [9.17, 15) is 29.6 Å². The first kappa shape index (κ1) is 19.1. The van der Waals surface area contributed by atoms with E-state index in [1.54, 1.807) is 13.8 Å². The van der Waals surface area contributed by atoms with Crippen LogP contribution in [0.4, 0.5) is 5.69 Å². The number of aryl methyl sites for hydroxylation is 2. The molecule has 2 N–H and O–H groups in total. The van der Waals surface area contributed by atoms with Crippen LogP contribution in [0.1, 0.15) is 26.0 Å². The van der Waals surface area contributed by atoms with Crippen molar-refractivity contribution in [1.29, 1.82) is 0 Å². The lowest BCUT2D eigenvalue weighted by atomic mass is 9.96. The van der Waals surface area contributed by atoms with Gasteiger partial charge >= 0.3 is 11.7 Å². The Labute approximate surface area is 158 Å². The number of fused-ring (bicyclic) bond motifs is 1. The molecule has 3 heterocycles. The molecular weight excluding hydrogens is 378 g/mol. The van der Waals surface area contributed by atoms with E-state index in [0.717, 1.165) is 0 Å². The van der Waals surface area contributed by atoms with Gasteiger partial charge in [-0.15, -0.1) is 11.8 Å². The first-order chi connectivity index (χ1) is 12.5. The minimum atomic E-state index is -1.07. The molecule has 2 aliphatic rings. The number of nitro groups is 1. The molecule has 2 saturated heterocycles. The first-order valence-electron chi connectivity index (χ1n) is 8.23. The summed E-state index contributed by atoms with van der Waals surface area (Å²) in [5.41, 5.74) is 0.138. The quantitative estimate of drug-likeness (QED) is 0.391. The number of amides is 2. The second-order valence-electron chi connectivity index (χ2n) is 7.01. The molecule has 27 heavy (non-hydrogen) atoms. The third-order valence-corrected chi connectivity index (χ3v) is 6.25. The molecule has 146 valence electrons. The zero-order valence-electron chi connectivity index (χ0n) is 14.9. The standard InChI is InChI=1S/C15H19N5O6S/c1-7-8(20(25)26)6-18(17-7)5-4-9(21)16-10-12(22)19-11(14(23)24)15(2,3)27-13(10)19/h6,10-11,13H,4-5H2,1-3H3,(H,16,21)(H,23,24)/t10-,11-,13+/m1/s1. The summed E-state index contributed by atoms with van der Waals surface area (Å²) >= 11 is 1.35. The summed E-state index contributed by atoms with van der Waals surface area (Å²) in [7, 11) is 0. The highest BCUT2D eigenvalue weighted by Gasteiger charge is 2.64. The number of β-lactam (4-membered cyclic amide) rings is 1. The SMILES string of the molecule is Cc1nn(CCC(=O)N[C@@H]2C(=O)N3[C@H]2SC(C)(C)[C@H]3C(=O)O)cc1[N+](=O)[O-]. The van der Waals surface area contributed by atoms with Crippen molar-refractivity contribution in [1.82, 2.24) is 20.0 Å². The van der Waals surface area contributed by atoms with Gasteiger partial charge < -0.3 is 15.3 Å². The molecule has 3 atom stereocenters. The van der Waals surface area contributed by atoms with E-state index in [-0.39, 0.29) is 24.3 Å². The molecule has 12 heteroatoms. The van der Waals surface area contributed by atoms with E-state index >= 15 is 0 Å². The Bertz CT molecular complexity index is 837. The van der Waals surface area contributed by atoms with Gasteiger partial charge in [0.05, 0.1) is 4.92 Å². The largest absolute Gasteiger partial charge is 0.480 e. The lowest BCUT2D eigenvalue weighted by Gasteiger charge is -2.43. The number of carboxylic acids is 1. The van der Waals surface area contributed by atoms with Crippen molar-refractivity contribution in [2.24, 2.45) is 0 Å². The van der Waals surface area contributed by atoms with Gasteiger partial charge in [0, 0.05) is 17.7 Å². The van der Waals surface area contributed by atoms with Crippen LogP contribution in [0.2, 0.25) is 0 Å². The van der Waals surface area contributed by atoms with Gasteiger partial charge in [0.1, 0.15) is 29.3 Å². The van der Waals surface area contributed by atoms with Gasteiger partial charge in [-0.1, -0.05) is 0 Å². The number of carbonyl (C=O) groups excluding carboxylic acids is 2. The molecular formula is C15H19N5O6S. The third-order valence-electron chi connectivity index (χ3n) is 4.68. The minimum Gasteiger partial charge on any atom is -0.480 e. The Hall–Kier alpha value is -2.63. The maximum absolute atomic E-state index is 12.3. The lowest BCUT2D eigenvalue weighted by molar-refractivity contribution is -0.385. The van der Waals surface area contributed by atoms with Gasteiger partial charge in [-0.3, -0.25) is 24.4 Å². The van der Waals surface area contributed by atoms with Crippen LogP contribution in [0.3, 0.4) is 0 Å². The van der Waals surface area contributed by atoms with Crippen LogP contribution in [0.15, 0.2) is 6.20 Å². The van der Waals surface area contributed by atoms with E-state index in [0.29, 0.717) is 0 Å². The molecule has 0 aliphatic carbocycles. The summed E-state index contributed by atoms with van der Waals surface area (Å²) in [6.07, 6.45) is 1.25. The summed E-state index contributed by atoms with van der Waals surface area (Å²) < 4.78 is 0.660. The van der Waals surface area contributed by atoms with Gasteiger partial charge in [0.2, 0.25) is 11.8 Å². The number of aromatic nitrogens is 2. The van der Waals surface area contributed by atoms with E-state index in [1.807, 2.05) is 0 Å². The average Bonchev–Trinajstić information content (AvgIpc) is 3.06. The smallest absolute Gasteiger partial charge is 0.327 e. The molecule has 3 rings (SSSR count). The lowest BCUT2D eigenvalue weighted by Crippen LogP contribution is -2.70. The van der Waals surface area contributed by atoms with Crippen molar-refractivity contribution in [2.75, 3.05) is 0 Å². The van der Waals surface area contributed by atoms with E-state index < -0.39 is 44.9 Å². The van der Waals surface area contributed by atoms with Crippen molar-refractivity contribution >= 4 is 35.2 Å². The monoisotopic (exact) mass is 397 g/mol. The molecule has 0 unspecified atom stereocenters. The van der Waals surface area contributed by atoms with E-state index in [1.165, 1.54) is 34.5 Å². The normalized spacial score (nSPS) is 25.7. The zero-order valence-corrected chi connectivity index (χ0v) is 15.7. The summed E-state index contributed by atoms with van der Waals surface area (Å²) in [5, 5.41) is 26.4. The fourth-order valence-electron chi connectivity index (χ4n) is 3.41. The molecule has 0 bridgehead atoms. The van der Waals surface area contributed by atoms with Crippen LogP contribution in [-0.2, 0) is 20.9 Å². The summed E-state index contributed by atoms with van der Waals surface area (Å²) in [6.45, 7) is 5.15. The second-order valence-corrected chi connectivity index (χ2v) is 8.78. The first-order valence-corrected chi connectivity index (χ1v) is 9.11. The summed E-state index contributed by atoms with van der Waals surface area (Å²) in [5.74, 6) is -1.88. The molecule has 0 radical (unpaired) electrons. The fraction of sp³-hybridized carbons (Fsp3) is 0.600. The average molecular weight is 397 g/mol. The topological polar surface area (TPSA) is 148 Å². The van der Waals surface area contributed by atoms with Crippen LogP contribution in [-0.4, -0.2) is 64.7 Å². The van der Waals surface area contributed by atoms with Crippen LogP contribution in [0, 0.1) is 17.0 Å². The maximum Gasteiger partial charge on any atom is 0.327 e. The molecule has 2 fully saturated rings. The number of carboxylic acid groups (broad SMARTS) is 1. The number of hydrogen-bond donors (Lipinski definition) is 2. The minimum absolute atomic E-state index is 0.00874. The van der Waals surface area contributed by atoms with Gasteiger partial charge in [0.25, 0.3) is 0 Å². The Balaban J connectivity index is 1.58. The van der Waals surface area contributed by atoms with Gasteiger partial charge in [0.15, 0.2) is 0 Å². The number of thioether (sulfide) groups is 1. The van der Waals surface area contributed by atoms with Crippen molar-refractivity contribution < 1.29 is 24.4 Å². The van der Waals surface area contributed by atoms with Crippen LogP contribution >= 0.6 is 11.8 Å². The summed E-state index contributed by atoms with van der Waals surface area (Å²) in [6, 6.07) is -1.69. The van der Waals surface area contributed by atoms with Crippen molar-refractivity contribution in [2.45, 2.75) is 55.9 Å². The Morgan fingerprint density at radius 2 is 2.15 bits per heavy atom. The highest BCUT2D eigenvalue weighted by molar-refractivity contribution is 8.01. The summed E-state index contributed by atoms with van der Waals surface area (Å²) in [4.78, 5) is 47.5. The molecule has 0 spiro atoms. The van der Waals surface area contributed by atoms with Gasteiger partial charge in [-0.2, -0.15) is 5.10 Å². The molecule has 0 aromatic carbocycles. The fourth-order valence-corrected chi connectivity index (χ4v) is 5.03. The Kier molecular flexibility index (Phi) is 4.62. The van der Waals surface area contributed by atoms with E-state index in [4.69, 9.17) is 0 Å². The number of aliphatic carboxylic acids is 1.